The summed E-state index contributed by atoms with van der Waals surface area (Å²) in [5.41, 5.74) is 2.37. The minimum Gasteiger partial charge on any atom is -0.490 e. The second-order valence-electron chi connectivity index (χ2n) is 6.42. The molecule has 0 radical (unpaired) electrons. The van der Waals surface area contributed by atoms with Gasteiger partial charge in [0.15, 0.2) is 0 Å². The highest BCUT2D eigenvalue weighted by Crippen LogP contribution is 2.31. The second kappa shape index (κ2) is 8.06. The summed E-state index contributed by atoms with van der Waals surface area (Å²) in [6.45, 7) is 5.55. The normalized spacial score (nSPS) is 20.2. The van der Waals surface area contributed by atoms with Gasteiger partial charge in [-0.15, -0.1) is 0 Å². The molecule has 1 saturated heterocycles. The molecule has 1 fully saturated rings. The van der Waals surface area contributed by atoms with Gasteiger partial charge in [0, 0.05) is 25.4 Å². The first-order valence-electron chi connectivity index (χ1n) is 8.87. The van der Waals surface area contributed by atoms with E-state index in [1.54, 1.807) is 4.90 Å². The average Bonchev–Trinajstić information content (AvgIpc) is 2.63. The van der Waals surface area contributed by atoms with E-state index < -0.39 is 0 Å². The Kier molecular flexibility index (Phi) is 5.59. The van der Waals surface area contributed by atoms with Crippen LogP contribution < -0.4 is 4.74 Å². The quantitative estimate of drug-likeness (QED) is 0.829. The lowest BCUT2D eigenvalue weighted by atomic mass is 9.88. The van der Waals surface area contributed by atoms with Gasteiger partial charge in [-0.2, -0.15) is 0 Å². The van der Waals surface area contributed by atoms with Crippen molar-refractivity contribution in [3.63, 3.8) is 0 Å². The van der Waals surface area contributed by atoms with Crippen molar-refractivity contribution in [3.8, 4) is 5.75 Å². The molecule has 0 aliphatic carbocycles. The Hall–Kier alpha value is -2.49. The first kappa shape index (κ1) is 17.3. The maximum absolute atomic E-state index is 12.1. The number of hydrogen-bond acceptors (Lipinski definition) is 3. The summed E-state index contributed by atoms with van der Waals surface area (Å²) in [5.74, 6) is 1.01. The molecule has 0 N–H and O–H groups in total. The number of piperidine rings is 1. The Morgan fingerprint density at radius 3 is 2.68 bits per heavy atom. The van der Waals surface area contributed by atoms with E-state index in [9.17, 15) is 4.79 Å². The number of rotatable bonds is 4. The van der Waals surface area contributed by atoms with Crippen LogP contribution in [0.25, 0.3) is 0 Å². The van der Waals surface area contributed by atoms with Gasteiger partial charge in [-0.3, -0.25) is 0 Å². The van der Waals surface area contributed by atoms with Gasteiger partial charge < -0.3 is 14.4 Å². The molecular formula is C21H25NO3. The van der Waals surface area contributed by atoms with Gasteiger partial charge in [-0.05, 0) is 37.1 Å². The third kappa shape index (κ3) is 4.32. The highest BCUT2D eigenvalue weighted by Gasteiger charge is 2.34. The summed E-state index contributed by atoms with van der Waals surface area (Å²) in [7, 11) is 0. The molecule has 4 nitrogen and oxygen atoms in total. The van der Waals surface area contributed by atoms with Crippen molar-refractivity contribution in [1.82, 2.24) is 4.90 Å². The monoisotopic (exact) mass is 339 g/mol. The molecular weight excluding hydrogens is 314 g/mol. The molecule has 1 aliphatic rings. The molecule has 1 amide bonds. The smallest absolute Gasteiger partial charge is 0.409 e. The van der Waals surface area contributed by atoms with E-state index in [2.05, 4.69) is 31.2 Å². The summed E-state index contributed by atoms with van der Waals surface area (Å²) in [4.78, 5) is 13.9. The maximum Gasteiger partial charge on any atom is 0.409 e. The zero-order valence-electron chi connectivity index (χ0n) is 14.9. The van der Waals surface area contributed by atoms with Crippen molar-refractivity contribution in [1.29, 1.82) is 0 Å². The average molecular weight is 339 g/mol. The van der Waals surface area contributed by atoms with Crippen LogP contribution in [0.4, 0.5) is 4.79 Å². The Balaban J connectivity index is 1.80. The van der Waals surface area contributed by atoms with Gasteiger partial charge >= 0.3 is 6.09 Å². The van der Waals surface area contributed by atoms with Gasteiger partial charge in [0.2, 0.25) is 0 Å². The lowest BCUT2D eigenvalue weighted by Gasteiger charge is -2.38. The van der Waals surface area contributed by atoms with Crippen LogP contribution in [0.1, 0.15) is 30.4 Å². The number of benzene rings is 2. The van der Waals surface area contributed by atoms with Crippen LogP contribution in [0.5, 0.6) is 5.75 Å². The molecule has 25 heavy (non-hydrogen) atoms. The summed E-state index contributed by atoms with van der Waals surface area (Å²) in [6.07, 6.45) is 0.582. The Labute approximate surface area is 149 Å². The second-order valence-corrected chi connectivity index (χ2v) is 6.42. The number of ether oxygens (including phenoxy) is 2. The maximum atomic E-state index is 12.1. The molecule has 2 atom stereocenters. The van der Waals surface area contributed by atoms with Crippen LogP contribution in [0.15, 0.2) is 54.6 Å². The molecule has 0 aromatic heterocycles. The standard InChI is InChI=1S/C21H25NO3/c1-3-24-21(23)22-13-12-20(25-18-11-7-8-16(2)14-18)19(15-22)17-9-5-4-6-10-17/h4-11,14,19-20H,3,12-13,15H2,1-2H3. The molecule has 2 aromatic rings. The van der Waals surface area contributed by atoms with Gasteiger partial charge in [0.1, 0.15) is 11.9 Å². The van der Waals surface area contributed by atoms with Crippen LogP contribution in [-0.2, 0) is 4.74 Å². The Bertz CT molecular complexity index is 701. The van der Waals surface area contributed by atoms with Crippen LogP contribution in [0.2, 0.25) is 0 Å². The molecule has 132 valence electrons. The van der Waals surface area contributed by atoms with Crippen LogP contribution in [0, 0.1) is 6.92 Å². The van der Waals surface area contributed by atoms with E-state index in [1.807, 2.05) is 37.3 Å². The van der Waals surface area contributed by atoms with Crippen LogP contribution in [-0.4, -0.2) is 36.8 Å². The van der Waals surface area contributed by atoms with Crippen LogP contribution in [0.3, 0.4) is 0 Å². The predicted molar refractivity (Wildman–Crippen MR) is 98.0 cm³/mol. The van der Waals surface area contributed by atoms with E-state index in [-0.39, 0.29) is 18.1 Å². The fraction of sp³-hybridized carbons (Fsp3) is 0.381. The van der Waals surface area contributed by atoms with Crippen molar-refractivity contribution in [3.05, 3.63) is 65.7 Å². The lowest BCUT2D eigenvalue weighted by molar-refractivity contribution is 0.0574. The first-order chi connectivity index (χ1) is 12.2. The number of carbonyl (C=O) groups is 1. The van der Waals surface area contributed by atoms with E-state index >= 15 is 0 Å². The molecule has 2 unspecified atom stereocenters. The summed E-state index contributed by atoms with van der Waals surface area (Å²) in [6, 6.07) is 18.4. The lowest BCUT2D eigenvalue weighted by Crippen LogP contribution is -2.47. The highest BCUT2D eigenvalue weighted by atomic mass is 16.6. The summed E-state index contributed by atoms with van der Waals surface area (Å²) >= 11 is 0. The SMILES string of the molecule is CCOC(=O)N1CCC(Oc2cccc(C)c2)C(c2ccccc2)C1. The number of amides is 1. The Morgan fingerprint density at radius 2 is 1.96 bits per heavy atom. The summed E-state index contributed by atoms with van der Waals surface area (Å²) < 4.78 is 11.5. The van der Waals surface area contributed by atoms with Crippen molar-refractivity contribution >= 4 is 6.09 Å². The van der Waals surface area contributed by atoms with E-state index in [1.165, 1.54) is 11.1 Å². The molecule has 1 aliphatic heterocycles. The van der Waals surface area contributed by atoms with Crippen LogP contribution >= 0.6 is 0 Å². The highest BCUT2D eigenvalue weighted by molar-refractivity contribution is 5.68. The minimum atomic E-state index is -0.238. The fourth-order valence-electron chi connectivity index (χ4n) is 3.34. The number of nitrogens with zero attached hydrogens (tertiary/aromatic N) is 1. The number of carbonyl (C=O) groups excluding carboxylic acids is 1. The number of likely N-dealkylation sites (tertiary alicyclic amines) is 1. The van der Waals surface area contributed by atoms with Gasteiger partial charge in [0.25, 0.3) is 0 Å². The molecule has 0 bridgehead atoms. The topological polar surface area (TPSA) is 38.8 Å². The van der Waals surface area contributed by atoms with E-state index in [4.69, 9.17) is 9.47 Å². The third-order valence-corrected chi connectivity index (χ3v) is 4.58. The van der Waals surface area contributed by atoms with Gasteiger partial charge in [-0.25, -0.2) is 4.79 Å². The molecule has 2 aromatic carbocycles. The van der Waals surface area contributed by atoms with E-state index in [0.717, 1.165) is 12.2 Å². The van der Waals surface area contributed by atoms with Crippen molar-refractivity contribution in [2.45, 2.75) is 32.3 Å². The molecule has 4 heteroatoms. The zero-order valence-corrected chi connectivity index (χ0v) is 14.9. The summed E-state index contributed by atoms with van der Waals surface area (Å²) in [5, 5.41) is 0. The largest absolute Gasteiger partial charge is 0.490 e. The van der Waals surface area contributed by atoms with Crippen molar-refractivity contribution in [2.24, 2.45) is 0 Å². The van der Waals surface area contributed by atoms with Gasteiger partial charge in [-0.1, -0.05) is 42.5 Å². The first-order valence-corrected chi connectivity index (χ1v) is 8.87. The molecule has 1 heterocycles. The Morgan fingerprint density at radius 1 is 1.16 bits per heavy atom. The van der Waals surface area contributed by atoms with Gasteiger partial charge in [0.05, 0.1) is 6.61 Å². The predicted octanol–water partition coefficient (Wildman–Crippen LogP) is 4.39. The molecule has 0 spiro atoms. The van der Waals surface area contributed by atoms with Crippen molar-refractivity contribution in [2.75, 3.05) is 19.7 Å². The van der Waals surface area contributed by atoms with Crippen molar-refractivity contribution < 1.29 is 14.3 Å². The minimum absolute atomic E-state index is 0.0369. The third-order valence-electron chi connectivity index (χ3n) is 4.58. The molecule has 0 saturated carbocycles. The number of hydrogen-bond donors (Lipinski definition) is 0. The fourth-order valence-corrected chi connectivity index (χ4v) is 3.34. The zero-order chi connectivity index (χ0) is 17.6. The van der Waals surface area contributed by atoms with E-state index in [0.29, 0.717) is 19.7 Å². The number of aryl methyl sites for hydroxylation is 1. The molecule has 3 rings (SSSR count).